The summed E-state index contributed by atoms with van der Waals surface area (Å²) in [6.45, 7) is 1.81. The molecule has 15 heavy (non-hydrogen) atoms. The number of carbonyl (C=O) groups is 1. The first-order valence-corrected chi connectivity index (χ1v) is 4.30. The van der Waals surface area contributed by atoms with Crippen LogP contribution in [0.25, 0.3) is 0 Å². The van der Waals surface area contributed by atoms with Gasteiger partial charge in [0.05, 0.1) is 0 Å². The molecule has 1 rings (SSSR count). The van der Waals surface area contributed by atoms with Crippen LogP contribution >= 0.6 is 0 Å². The Morgan fingerprint density at radius 1 is 1.40 bits per heavy atom. The van der Waals surface area contributed by atoms with Crippen LogP contribution in [0.5, 0.6) is 5.75 Å². The van der Waals surface area contributed by atoms with Crippen LogP contribution in [0.4, 0.5) is 13.2 Å². The van der Waals surface area contributed by atoms with Gasteiger partial charge in [-0.05, 0) is 24.1 Å². The van der Waals surface area contributed by atoms with Crippen LogP contribution in [0.15, 0.2) is 18.2 Å². The van der Waals surface area contributed by atoms with Gasteiger partial charge in [0, 0.05) is 5.56 Å². The van der Waals surface area contributed by atoms with Gasteiger partial charge in [-0.1, -0.05) is 13.0 Å². The first kappa shape index (κ1) is 11.6. The Morgan fingerprint density at radius 3 is 2.53 bits per heavy atom. The lowest BCUT2D eigenvalue weighted by molar-refractivity contribution is -0.274. The van der Waals surface area contributed by atoms with Crippen molar-refractivity contribution in [1.82, 2.24) is 0 Å². The van der Waals surface area contributed by atoms with E-state index in [1.54, 1.807) is 0 Å². The minimum Gasteiger partial charge on any atom is -0.406 e. The fourth-order valence-corrected chi connectivity index (χ4v) is 1.20. The molecule has 5 heteroatoms. The third-order valence-corrected chi connectivity index (χ3v) is 1.86. The first-order chi connectivity index (χ1) is 6.96. The molecule has 0 fully saturated rings. The predicted molar refractivity (Wildman–Crippen MR) is 47.9 cm³/mol. The Balaban J connectivity index is 2.98. The van der Waals surface area contributed by atoms with E-state index >= 15 is 0 Å². The zero-order valence-corrected chi connectivity index (χ0v) is 7.97. The van der Waals surface area contributed by atoms with E-state index in [2.05, 4.69) is 4.74 Å². The highest BCUT2D eigenvalue weighted by Crippen LogP contribution is 2.24. The number of rotatable bonds is 3. The number of aldehydes is 1. The van der Waals surface area contributed by atoms with Crippen LogP contribution in [-0.2, 0) is 6.42 Å². The van der Waals surface area contributed by atoms with Gasteiger partial charge in [0.25, 0.3) is 0 Å². The first-order valence-electron chi connectivity index (χ1n) is 4.30. The zero-order valence-electron chi connectivity index (χ0n) is 7.97. The Labute approximate surface area is 84.7 Å². The monoisotopic (exact) mass is 218 g/mol. The lowest BCUT2D eigenvalue weighted by Crippen LogP contribution is -2.17. The predicted octanol–water partition coefficient (Wildman–Crippen LogP) is 2.96. The molecular weight excluding hydrogens is 209 g/mol. The Morgan fingerprint density at radius 2 is 2.07 bits per heavy atom. The number of carbonyl (C=O) groups excluding carboxylic acids is 1. The lowest BCUT2D eigenvalue weighted by atomic mass is 10.1. The van der Waals surface area contributed by atoms with Crippen molar-refractivity contribution >= 4 is 6.29 Å². The second kappa shape index (κ2) is 4.33. The van der Waals surface area contributed by atoms with Gasteiger partial charge < -0.3 is 4.74 Å². The molecule has 0 bridgehead atoms. The van der Waals surface area contributed by atoms with Crippen LogP contribution in [0, 0.1) is 0 Å². The average molecular weight is 218 g/mol. The van der Waals surface area contributed by atoms with E-state index < -0.39 is 6.36 Å². The van der Waals surface area contributed by atoms with Gasteiger partial charge in [-0.25, -0.2) is 0 Å². The largest absolute Gasteiger partial charge is 0.573 e. The quantitative estimate of drug-likeness (QED) is 0.729. The second-order valence-corrected chi connectivity index (χ2v) is 2.88. The molecule has 0 unspecified atom stereocenters. The SMILES string of the molecule is CCc1ccc(OC(F)(F)F)cc1C=O. The third-order valence-electron chi connectivity index (χ3n) is 1.86. The van der Waals surface area contributed by atoms with E-state index in [-0.39, 0.29) is 11.3 Å². The number of ether oxygens (including phenoxy) is 1. The number of benzene rings is 1. The molecule has 0 atom stereocenters. The molecule has 0 N–H and O–H groups in total. The number of hydrogen-bond donors (Lipinski definition) is 0. The molecule has 82 valence electrons. The minimum absolute atomic E-state index is 0.222. The molecule has 0 amide bonds. The molecule has 0 aliphatic heterocycles. The Bertz CT molecular complexity index is 358. The summed E-state index contributed by atoms with van der Waals surface area (Å²) < 4.78 is 39.2. The molecule has 0 saturated heterocycles. The van der Waals surface area contributed by atoms with Crippen LogP contribution in [0.1, 0.15) is 22.8 Å². The fourth-order valence-electron chi connectivity index (χ4n) is 1.20. The highest BCUT2D eigenvalue weighted by molar-refractivity contribution is 5.78. The molecule has 0 radical (unpaired) electrons. The van der Waals surface area contributed by atoms with Crippen molar-refractivity contribution in [3.05, 3.63) is 29.3 Å². The standard InChI is InChI=1S/C10H9F3O2/c1-2-7-3-4-9(5-8(7)6-14)15-10(11,12)13/h3-6H,2H2,1H3. The summed E-state index contributed by atoms with van der Waals surface area (Å²) in [6, 6.07) is 3.73. The topological polar surface area (TPSA) is 26.3 Å². The molecular formula is C10H9F3O2. The van der Waals surface area contributed by atoms with E-state index in [0.29, 0.717) is 18.3 Å². The Hall–Kier alpha value is -1.52. The number of hydrogen-bond acceptors (Lipinski definition) is 2. The smallest absolute Gasteiger partial charge is 0.406 e. The number of alkyl halides is 3. The van der Waals surface area contributed by atoms with E-state index in [1.165, 1.54) is 12.1 Å². The van der Waals surface area contributed by atoms with Gasteiger partial charge >= 0.3 is 6.36 Å². The third kappa shape index (κ3) is 3.27. The maximum atomic E-state index is 11.8. The van der Waals surface area contributed by atoms with Gasteiger partial charge in [-0.15, -0.1) is 13.2 Å². The van der Waals surface area contributed by atoms with Crippen LogP contribution in [0.2, 0.25) is 0 Å². The van der Waals surface area contributed by atoms with E-state index in [1.807, 2.05) is 6.92 Å². The van der Waals surface area contributed by atoms with Crippen molar-refractivity contribution in [3.8, 4) is 5.75 Å². The van der Waals surface area contributed by atoms with E-state index in [0.717, 1.165) is 6.07 Å². The summed E-state index contributed by atoms with van der Waals surface area (Å²) in [4.78, 5) is 10.6. The molecule has 1 aromatic carbocycles. The normalized spacial score (nSPS) is 11.2. The summed E-state index contributed by atoms with van der Waals surface area (Å²) in [5, 5.41) is 0. The Kier molecular flexibility index (Phi) is 3.34. The highest BCUT2D eigenvalue weighted by Gasteiger charge is 2.31. The maximum Gasteiger partial charge on any atom is 0.573 e. The fraction of sp³-hybridized carbons (Fsp3) is 0.300. The molecule has 0 saturated carbocycles. The summed E-state index contributed by atoms with van der Waals surface area (Å²) in [6.07, 6.45) is -3.63. The van der Waals surface area contributed by atoms with Crippen LogP contribution in [0.3, 0.4) is 0 Å². The molecule has 0 aliphatic rings. The van der Waals surface area contributed by atoms with E-state index in [9.17, 15) is 18.0 Å². The lowest BCUT2D eigenvalue weighted by Gasteiger charge is -2.10. The molecule has 1 aromatic rings. The van der Waals surface area contributed by atoms with Gasteiger partial charge in [-0.3, -0.25) is 4.79 Å². The summed E-state index contributed by atoms with van der Waals surface area (Å²) >= 11 is 0. The zero-order chi connectivity index (χ0) is 11.5. The summed E-state index contributed by atoms with van der Waals surface area (Å²) in [5.74, 6) is -0.373. The van der Waals surface area contributed by atoms with Crippen LogP contribution < -0.4 is 4.74 Å². The molecule has 0 heterocycles. The number of aryl methyl sites for hydroxylation is 1. The van der Waals surface area contributed by atoms with Crippen molar-refractivity contribution in [2.75, 3.05) is 0 Å². The van der Waals surface area contributed by atoms with Gasteiger partial charge in [0.15, 0.2) is 0 Å². The average Bonchev–Trinajstić information content (AvgIpc) is 2.15. The van der Waals surface area contributed by atoms with Crippen LogP contribution in [-0.4, -0.2) is 12.6 Å². The van der Waals surface area contributed by atoms with Gasteiger partial charge in [0.1, 0.15) is 12.0 Å². The second-order valence-electron chi connectivity index (χ2n) is 2.88. The molecule has 0 aromatic heterocycles. The van der Waals surface area contributed by atoms with Gasteiger partial charge in [0.2, 0.25) is 0 Å². The minimum atomic E-state index is -4.73. The highest BCUT2D eigenvalue weighted by atomic mass is 19.4. The van der Waals surface area contributed by atoms with Crippen molar-refractivity contribution in [2.24, 2.45) is 0 Å². The van der Waals surface area contributed by atoms with Gasteiger partial charge in [-0.2, -0.15) is 0 Å². The molecule has 2 nitrogen and oxygen atoms in total. The van der Waals surface area contributed by atoms with E-state index in [4.69, 9.17) is 0 Å². The number of halogens is 3. The van der Waals surface area contributed by atoms with Crippen molar-refractivity contribution in [1.29, 1.82) is 0 Å². The molecule has 0 spiro atoms. The molecule has 0 aliphatic carbocycles. The van der Waals surface area contributed by atoms with Crippen molar-refractivity contribution in [2.45, 2.75) is 19.7 Å². The maximum absolute atomic E-state index is 11.8. The van der Waals surface area contributed by atoms with Crippen molar-refractivity contribution in [3.63, 3.8) is 0 Å². The summed E-state index contributed by atoms with van der Waals surface area (Å²) in [5.41, 5.74) is 0.916. The van der Waals surface area contributed by atoms with Crippen molar-refractivity contribution < 1.29 is 22.7 Å². The summed E-state index contributed by atoms with van der Waals surface area (Å²) in [7, 11) is 0.